The zero-order chi connectivity index (χ0) is 14.0. The average Bonchev–Trinajstić information content (AvgIpc) is 2.38. The number of hydrogen-bond donors (Lipinski definition) is 2. The highest BCUT2D eigenvalue weighted by atomic mass is 32.1. The van der Waals surface area contributed by atoms with Crippen LogP contribution in [0, 0.1) is 11.7 Å². The predicted octanol–water partition coefficient (Wildman–Crippen LogP) is 1.67. The minimum absolute atomic E-state index is 0.0402. The molecule has 1 aromatic carbocycles. The van der Waals surface area contributed by atoms with Crippen LogP contribution in [0.5, 0.6) is 5.75 Å². The first kappa shape index (κ1) is 13.7. The molecule has 2 rings (SSSR count). The highest BCUT2D eigenvalue weighted by molar-refractivity contribution is 7.80. The molecule has 4 nitrogen and oxygen atoms in total. The number of nitrogens with zero attached hydrogens (tertiary/aromatic N) is 1. The van der Waals surface area contributed by atoms with Crippen LogP contribution in [-0.2, 0) is 0 Å². The van der Waals surface area contributed by atoms with Gasteiger partial charge in [-0.3, -0.25) is 4.79 Å². The number of nitrogens with two attached hydrogens (primary N) is 1. The molecule has 1 amide bonds. The molecule has 0 aliphatic carbocycles. The van der Waals surface area contributed by atoms with Gasteiger partial charge in [-0.2, -0.15) is 0 Å². The number of amides is 1. The maximum Gasteiger partial charge on any atom is 0.260 e. The molecular weight excluding hydrogens is 267 g/mol. The summed E-state index contributed by atoms with van der Waals surface area (Å²) >= 11 is 4.94. The van der Waals surface area contributed by atoms with Crippen molar-refractivity contribution in [1.29, 1.82) is 0 Å². The number of rotatable bonds is 2. The summed E-state index contributed by atoms with van der Waals surface area (Å²) in [5.41, 5.74) is 5.31. The van der Waals surface area contributed by atoms with E-state index in [0.717, 1.165) is 18.9 Å². The van der Waals surface area contributed by atoms with Crippen molar-refractivity contribution in [2.45, 2.75) is 12.8 Å². The second-order valence-electron chi connectivity index (χ2n) is 4.63. The van der Waals surface area contributed by atoms with E-state index in [-0.39, 0.29) is 17.2 Å². The highest BCUT2D eigenvalue weighted by Gasteiger charge is 2.28. The zero-order valence-corrected chi connectivity index (χ0v) is 11.1. The summed E-state index contributed by atoms with van der Waals surface area (Å²) in [6, 6.07) is 3.81. The van der Waals surface area contributed by atoms with Crippen molar-refractivity contribution < 1.29 is 14.3 Å². The van der Waals surface area contributed by atoms with Crippen LogP contribution in [0.25, 0.3) is 0 Å². The van der Waals surface area contributed by atoms with E-state index in [2.05, 4.69) is 0 Å². The minimum Gasteiger partial charge on any atom is -0.507 e. The number of hydrogen-bond acceptors (Lipinski definition) is 3. The van der Waals surface area contributed by atoms with Crippen LogP contribution in [0.4, 0.5) is 4.39 Å². The number of benzene rings is 1. The largest absolute Gasteiger partial charge is 0.507 e. The Hall–Kier alpha value is -1.69. The molecule has 1 aliphatic rings. The summed E-state index contributed by atoms with van der Waals surface area (Å²) in [4.78, 5) is 14.1. The second kappa shape index (κ2) is 5.52. The van der Waals surface area contributed by atoms with Crippen LogP contribution < -0.4 is 5.73 Å². The van der Waals surface area contributed by atoms with Gasteiger partial charge in [0.25, 0.3) is 5.91 Å². The molecule has 1 unspecified atom stereocenters. The first-order valence-electron chi connectivity index (χ1n) is 6.06. The molecule has 3 N–H and O–H groups in total. The molecule has 1 atom stereocenters. The topological polar surface area (TPSA) is 66.6 Å². The third-order valence-electron chi connectivity index (χ3n) is 3.32. The molecule has 1 saturated heterocycles. The van der Waals surface area contributed by atoms with Gasteiger partial charge in [0.2, 0.25) is 0 Å². The lowest BCUT2D eigenvalue weighted by Crippen LogP contribution is -2.43. The van der Waals surface area contributed by atoms with E-state index in [0.29, 0.717) is 18.1 Å². The first-order chi connectivity index (χ1) is 9.00. The van der Waals surface area contributed by atoms with Gasteiger partial charge in [-0.25, -0.2) is 4.39 Å². The van der Waals surface area contributed by atoms with E-state index in [4.69, 9.17) is 18.0 Å². The zero-order valence-electron chi connectivity index (χ0n) is 10.3. The van der Waals surface area contributed by atoms with Crippen LogP contribution in [0.1, 0.15) is 23.2 Å². The highest BCUT2D eigenvalue weighted by Crippen LogP contribution is 2.25. The maximum atomic E-state index is 13.7. The Morgan fingerprint density at radius 2 is 2.26 bits per heavy atom. The Morgan fingerprint density at radius 3 is 2.89 bits per heavy atom. The summed E-state index contributed by atoms with van der Waals surface area (Å²) in [5.74, 6) is -1.62. The normalized spacial score (nSPS) is 19.2. The summed E-state index contributed by atoms with van der Waals surface area (Å²) in [7, 11) is 0. The van der Waals surface area contributed by atoms with Crippen LogP contribution >= 0.6 is 12.2 Å². The molecule has 1 aliphatic heterocycles. The van der Waals surface area contributed by atoms with Crippen LogP contribution in [0.15, 0.2) is 18.2 Å². The average molecular weight is 282 g/mol. The van der Waals surface area contributed by atoms with E-state index >= 15 is 0 Å². The number of halogens is 1. The molecular formula is C13H15FN2O2S. The van der Waals surface area contributed by atoms with Gasteiger partial charge >= 0.3 is 0 Å². The number of thiocarbonyl (C=S) groups is 1. The Bertz CT molecular complexity index is 501. The second-order valence-corrected chi connectivity index (χ2v) is 5.10. The molecule has 0 aromatic heterocycles. The smallest absolute Gasteiger partial charge is 0.260 e. The first-order valence-corrected chi connectivity index (χ1v) is 6.47. The molecule has 1 fully saturated rings. The maximum absolute atomic E-state index is 13.7. The summed E-state index contributed by atoms with van der Waals surface area (Å²) in [6.45, 7) is 0.896. The minimum atomic E-state index is -0.720. The van der Waals surface area contributed by atoms with Crippen LogP contribution in [0.3, 0.4) is 0 Å². The summed E-state index contributed by atoms with van der Waals surface area (Å²) in [6.07, 6.45) is 1.60. The molecule has 0 spiro atoms. The van der Waals surface area contributed by atoms with Gasteiger partial charge in [-0.15, -0.1) is 0 Å². The van der Waals surface area contributed by atoms with E-state index in [1.807, 2.05) is 0 Å². The molecule has 102 valence electrons. The Balaban J connectivity index is 2.22. The fraction of sp³-hybridized carbons (Fsp3) is 0.385. The molecule has 1 aromatic rings. The summed E-state index contributed by atoms with van der Waals surface area (Å²) in [5, 5.41) is 9.63. The molecule has 6 heteroatoms. The van der Waals surface area contributed by atoms with E-state index in [1.165, 1.54) is 17.0 Å². The molecule has 0 bridgehead atoms. The molecule has 0 saturated carbocycles. The number of phenolic OH excluding ortho intramolecular Hbond substituents is 1. The Kier molecular flexibility index (Phi) is 3.99. The van der Waals surface area contributed by atoms with Crippen molar-refractivity contribution >= 4 is 23.1 Å². The van der Waals surface area contributed by atoms with Crippen LogP contribution in [-0.4, -0.2) is 34.0 Å². The van der Waals surface area contributed by atoms with Crippen molar-refractivity contribution in [2.24, 2.45) is 11.7 Å². The Labute approximate surface area is 116 Å². The van der Waals surface area contributed by atoms with Gasteiger partial charge < -0.3 is 15.7 Å². The van der Waals surface area contributed by atoms with Crippen molar-refractivity contribution in [3.8, 4) is 5.75 Å². The number of carbonyl (C=O) groups is 1. The lowest BCUT2D eigenvalue weighted by Gasteiger charge is -2.32. The molecule has 19 heavy (non-hydrogen) atoms. The van der Waals surface area contributed by atoms with E-state index < -0.39 is 11.7 Å². The predicted molar refractivity (Wildman–Crippen MR) is 73.5 cm³/mol. The fourth-order valence-electron chi connectivity index (χ4n) is 2.28. The van der Waals surface area contributed by atoms with E-state index in [1.54, 1.807) is 0 Å². The van der Waals surface area contributed by atoms with Crippen molar-refractivity contribution in [3.05, 3.63) is 29.6 Å². The van der Waals surface area contributed by atoms with Crippen molar-refractivity contribution in [3.63, 3.8) is 0 Å². The SMILES string of the molecule is NC(=S)C1CCCN(C(=O)c2c(O)cccc2F)C1. The number of aromatic hydroxyl groups is 1. The fourth-order valence-corrected chi connectivity index (χ4v) is 2.47. The van der Waals surface area contributed by atoms with Gasteiger partial charge in [-0.05, 0) is 25.0 Å². The third kappa shape index (κ3) is 2.84. The van der Waals surface area contributed by atoms with Crippen LogP contribution in [0.2, 0.25) is 0 Å². The number of phenols is 1. The van der Waals surface area contributed by atoms with Gasteiger partial charge in [0.1, 0.15) is 17.1 Å². The quantitative estimate of drug-likeness (QED) is 0.810. The number of carbonyl (C=O) groups excluding carboxylic acids is 1. The van der Waals surface area contributed by atoms with Gasteiger partial charge in [0.05, 0.1) is 4.99 Å². The van der Waals surface area contributed by atoms with Crippen molar-refractivity contribution in [2.75, 3.05) is 13.1 Å². The molecule has 0 radical (unpaired) electrons. The molecule has 1 heterocycles. The van der Waals surface area contributed by atoms with Crippen molar-refractivity contribution in [1.82, 2.24) is 4.90 Å². The Morgan fingerprint density at radius 1 is 1.53 bits per heavy atom. The standard InChI is InChI=1S/C13H15FN2O2S/c14-9-4-1-5-10(17)11(9)13(18)16-6-2-3-8(7-16)12(15)19/h1,4-5,8,17H,2-3,6-7H2,(H2,15,19). The number of likely N-dealkylation sites (tertiary alicyclic amines) is 1. The third-order valence-corrected chi connectivity index (χ3v) is 3.65. The summed E-state index contributed by atoms with van der Waals surface area (Å²) < 4.78 is 13.7. The van der Waals surface area contributed by atoms with Gasteiger partial charge in [-0.1, -0.05) is 18.3 Å². The van der Waals surface area contributed by atoms with Gasteiger partial charge in [0.15, 0.2) is 0 Å². The lowest BCUT2D eigenvalue weighted by atomic mass is 9.97. The van der Waals surface area contributed by atoms with Gasteiger partial charge in [0, 0.05) is 19.0 Å². The lowest BCUT2D eigenvalue weighted by molar-refractivity contribution is 0.0695. The van der Waals surface area contributed by atoms with E-state index in [9.17, 15) is 14.3 Å². The monoisotopic (exact) mass is 282 g/mol. The number of piperidine rings is 1.